The Labute approximate surface area is 172 Å². The van der Waals surface area contributed by atoms with Crippen molar-refractivity contribution in [3.63, 3.8) is 0 Å². The van der Waals surface area contributed by atoms with Gasteiger partial charge in [0.25, 0.3) is 6.43 Å². The van der Waals surface area contributed by atoms with Crippen LogP contribution in [0.15, 0.2) is 18.3 Å². The van der Waals surface area contributed by atoms with Gasteiger partial charge in [0.05, 0.1) is 17.8 Å². The maximum atomic E-state index is 13.5. The van der Waals surface area contributed by atoms with Crippen molar-refractivity contribution in [1.82, 2.24) is 9.38 Å². The number of nitrogens with zero attached hydrogens (tertiary/aromatic N) is 3. The van der Waals surface area contributed by atoms with Gasteiger partial charge in [-0.3, -0.25) is 4.40 Å². The van der Waals surface area contributed by atoms with Crippen molar-refractivity contribution in [2.75, 3.05) is 13.1 Å². The molecule has 4 nitrogen and oxygen atoms in total. The number of pyridine rings is 1. The number of hydrogen-bond acceptors (Lipinski definition) is 2. The van der Waals surface area contributed by atoms with Crippen LogP contribution >= 0.6 is 0 Å². The summed E-state index contributed by atoms with van der Waals surface area (Å²) in [6.07, 6.45) is 0.864. The average molecular weight is 450 g/mol. The average Bonchev–Trinajstić information content (AvgIpc) is 2.80. The molecular weight excluding hydrogens is 434 g/mol. The molecule has 2 aromatic rings. The zero-order chi connectivity index (χ0) is 18.2. The summed E-state index contributed by atoms with van der Waals surface area (Å²) in [5.41, 5.74) is 0.879. The van der Waals surface area contributed by atoms with Gasteiger partial charge < -0.3 is 23.2 Å². The number of hydrogen-bond donors (Lipinski definition) is 0. The monoisotopic (exact) mass is 450 g/mol. The van der Waals surface area contributed by atoms with Gasteiger partial charge in [-0.1, -0.05) is 5.41 Å². The zero-order valence-electron chi connectivity index (χ0n) is 13.9. The molecule has 0 atom stereocenters. The third-order valence-electron chi connectivity index (χ3n) is 4.58. The summed E-state index contributed by atoms with van der Waals surface area (Å²) in [4.78, 5) is 4.10. The topological polar surface area (TPSA) is 40.6 Å². The first-order chi connectivity index (χ1) is 11.8. The first kappa shape index (κ1) is 21.5. The zero-order valence-corrected chi connectivity index (χ0v) is 16.8. The van der Waals surface area contributed by atoms with Gasteiger partial charge in [-0.2, -0.15) is 0 Å². The summed E-state index contributed by atoms with van der Waals surface area (Å²) in [6.45, 7) is 0.430. The van der Waals surface area contributed by atoms with Crippen LogP contribution in [0.5, 0.6) is 5.75 Å². The van der Waals surface area contributed by atoms with Crippen molar-refractivity contribution in [2.45, 2.75) is 32.3 Å². The first-order valence-corrected chi connectivity index (χ1v) is 7.70. The molecule has 2 fully saturated rings. The molecule has 0 amide bonds. The van der Waals surface area contributed by atoms with E-state index in [2.05, 4.69) is 10.3 Å². The summed E-state index contributed by atoms with van der Waals surface area (Å²) < 4.78 is 63.0. The summed E-state index contributed by atoms with van der Waals surface area (Å²) in [6, 6.07) is 3.41. The van der Waals surface area contributed by atoms with Gasteiger partial charge >= 0.3 is 0 Å². The molecule has 1 aliphatic carbocycles. The van der Waals surface area contributed by atoms with E-state index in [9.17, 15) is 22.0 Å². The van der Waals surface area contributed by atoms with E-state index in [1.54, 1.807) is 25.3 Å². The Morgan fingerprint density at radius 1 is 1.27 bits per heavy atom. The summed E-state index contributed by atoms with van der Waals surface area (Å²) in [5, 5.41) is 4.24. The Kier molecular flexibility index (Phi) is 7.01. The Morgan fingerprint density at radius 3 is 2.38 bits per heavy atom. The van der Waals surface area contributed by atoms with Crippen LogP contribution in [0.2, 0.25) is 0 Å². The fourth-order valence-electron chi connectivity index (χ4n) is 3.41. The van der Waals surface area contributed by atoms with E-state index in [4.69, 9.17) is 4.74 Å². The van der Waals surface area contributed by atoms with Crippen LogP contribution in [-0.2, 0) is 32.7 Å². The second-order valence-electron chi connectivity index (χ2n) is 6.35. The maximum absolute atomic E-state index is 13.5. The molecule has 0 bridgehead atoms. The molecule has 2 aromatic heterocycles. The van der Waals surface area contributed by atoms with E-state index >= 15 is 0 Å². The summed E-state index contributed by atoms with van der Waals surface area (Å²) >= 11 is 0. The molecule has 0 N–H and O–H groups in total. The molecule has 10 heteroatoms. The van der Waals surface area contributed by atoms with Crippen LogP contribution in [0.1, 0.15) is 30.8 Å². The number of fused-ring (bicyclic) bond motifs is 1. The molecule has 0 aromatic carbocycles. The Bertz CT molecular complexity index is 740. The minimum absolute atomic E-state index is 0. The molecule has 1 saturated carbocycles. The normalized spacial score (nSPS) is 18.2. The molecular formula is C16H16F5N3OY-2. The van der Waals surface area contributed by atoms with Gasteiger partial charge in [0.15, 0.2) is 6.68 Å². The molecule has 2 aliphatic rings. The first-order valence-electron chi connectivity index (χ1n) is 7.70. The minimum atomic E-state index is -3.08. The number of aryl methyl sites for hydroxylation is 1. The molecule has 0 unspecified atom stereocenters. The Morgan fingerprint density at radius 2 is 1.88 bits per heavy atom. The largest absolute Gasteiger partial charge is 0.661 e. The van der Waals surface area contributed by atoms with Crippen LogP contribution in [0, 0.1) is 19.0 Å². The number of aromatic nitrogens is 2. The van der Waals surface area contributed by atoms with Crippen LogP contribution in [-0.4, -0.2) is 28.6 Å². The Hall–Kier alpha value is -0.796. The van der Waals surface area contributed by atoms with E-state index in [-0.39, 0.29) is 50.3 Å². The molecule has 1 aliphatic heterocycles. The predicted octanol–water partition coefficient (Wildman–Crippen LogP) is 4.83. The third-order valence-corrected chi connectivity index (χ3v) is 4.58. The number of halogens is 5. The summed E-state index contributed by atoms with van der Waals surface area (Å²) in [7, 11) is 0. The number of alkyl halides is 2. The van der Waals surface area contributed by atoms with E-state index in [1.807, 2.05) is 0 Å². The van der Waals surface area contributed by atoms with Crippen molar-refractivity contribution in [1.29, 1.82) is 0 Å². The van der Waals surface area contributed by atoms with Gasteiger partial charge in [-0.15, -0.1) is 13.1 Å². The summed E-state index contributed by atoms with van der Waals surface area (Å²) in [5.74, 6) is 0.823. The van der Waals surface area contributed by atoms with E-state index in [0.29, 0.717) is 16.8 Å². The quantitative estimate of drug-likeness (QED) is 0.497. The predicted molar refractivity (Wildman–Crippen MR) is 80.6 cm³/mol. The Balaban J connectivity index is 0.000000444. The minimum Gasteiger partial charge on any atom is -0.661 e. The number of rotatable bonds is 3. The van der Waals surface area contributed by atoms with Gasteiger partial charge in [0.2, 0.25) is 0 Å². The van der Waals surface area contributed by atoms with Crippen LogP contribution in [0.25, 0.3) is 10.8 Å². The van der Waals surface area contributed by atoms with Crippen molar-refractivity contribution >= 4 is 5.52 Å². The van der Waals surface area contributed by atoms with Crippen molar-refractivity contribution in [3.05, 3.63) is 41.8 Å². The second-order valence-corrected chi connectivity index (χ2v) is 6.35. The molecule has 141 valence electrons. The molecule has 4 rings (SSSR count). The maximum Gasteiger partial charge on any atom is 0.282 e. The van der Waals surface area contributed by atoms with Crippen molar-refractivity contribution in [3.8, 4) is 5.75 Å². The molecule has 1 saturated heterocycles. The van der Waals surface area contributed by atoms with Gasteiger partial charge in [0.1, 0.15) is 17.3 Å². The fourth-order valence-corrected chi connectivity index (χ4v) is 3.41. The van der Waals surface area contributed by atoms with E-state index < -0.39 is 13.1 Å². The molecule has 1 radical (unpaired) electrons. The second kappa shape index (κ2) is 8.48. The van der Waals surface area contributed by atoms with E-state index in [1.165, 1.54) is 4.40 Å². The van der Waals surface area contributed by atoms with Crippen molar-refractivity contribution in [2.24, 2.45) is 5.41 Å². The van der Waals surface area contributed by atoms with Gasteiger partial charge in [0, 0.05) is 32.7 Å². The molecule has 1 spiro atoms. The SMILES string of the molecule is Cc1ncc2ccc(OC3CC4(C[N-]C4)C3)c(C(F)F)n12.F[C-](F)F.[Y]. The van der Waals surface area contributed by atoms with Crippen LogP contribution in [0.4, 0.5) is 22.0 Å². The molecule has 26 heavy (non-hydrogen) atoms. The van der Waals surface area contributed by atoms with Crippen LogP contribution < -0.4 is 4.74 Å². The standard InChI is InChI=1S/C15H16F2N3O.CF3.Y/c1-9-19-6-10-2-3-12(13(14(16)17)20(9)10)21-11-4-15(5-11)7-18-8-15;2-1(3)4;/h2-3,6,11,14H,4-5,7-8H2,1H3;;/q2*-1;. The van der Waals surface area contributed by atoms with Gasteiger partial charge in [-0.25, -0.2) is 13.8 Å². The van der Waals surface area contributed by atoms with Crippen LogP contribution in [0.3, 0.4) is 0 Å². The number of imidazole rings is 1. The van der Waals surface area contributed by atoms with Gasteiger partial charge in [-0.05, 0) is 31.9 Å². The number of ether oxygens (including phenoxy) is 1. The smallest absolute Gasteiger partial charge is 0.282 e. The third kappa shape index (κ3) is 4.36. The fraction of sp³-hybridized carbons (Fsp3) is 0.500. The van der Waals surface area contributed by atoms with E-state index in [0.717, 1.165) is 25.9 Å². The molecule has 3 heterocycles. The van der Waals surface area contributed by atoms with Crippen molar-refractivity contribution < 1.29 is 59.4 Å².